The third-order valence-corrected chi connectivity index (χ3v) is 4.09. The second-order valence-electron chi connectivity index (χ2n) is 6.96. The zero-order chi connectivity index (χ0) is 18.2. The lowest BCUT2D eigenvalue weighted by molar-refractivity contribution is 0.330. The average molecular weight is 338 g/mol. The number of hydrogen-bond acceptors (Lipinski definition) is 5. The van der Waals surface area contributed by atoms with Crippen LogP contribution in [0.25, 0.3) is 0 Å². The molecular formula is C19H34N2O3. The summed E-state index contributed by atoms with van der Waals surface area (Å²) in [6.07, 6.45) is 2.22. The Kier molecular flexibility index (Phi) is 8.36. The van der Waals surface area contributed by atoms with Crippen molar-refractivity contribution in [3.8, 4) is 17.2 Å². The van der Waals surface area contributed by atoms with E-state index in [0.717, 1.165) is 42.2 Å². The van der Waals surface area contributed by atoms with Gasteiger partial charge < -0.3 is 24.8 Å². The fourth-order valence-corrected chi connectivity index (χ4v) is 2.59. The Hall–Kier alpha value is -1.46. The number of nitrogens with one attached hydrogen (secondary N) is 2. The summed E-state index contributed by atoms with van der Waals surface area (Å²) in [5, 5.41) is 7.08. The number of ether oxygens (including phenoxy) is 3. The first-order valence-electron chi connectivity index (χ1n) is 8.60. The lowest BCUT2D eigenvalue weighted by atomic mass is 9.97. The predicted molar refractivity (Wildman–Crippen MR) is 99.4 cm³/mol. The van der Waals surface area contributed by atoms with Crippen molar-refractivity contribution in [1.82, 2.24) is 10.6 Å². The van der Waals surface area contributed by atoms with Crippen molar-refractivity contribution in [2.75, 3.05) is 27.9 Å². The monoisotopic (exact) mass is 338 g/mol. The normalized spacial score (nSPS) is 11.7. The van der Waals surface area contributed by atoms with Crippen LogP contribution in [0.15, 0.2) is 12.1 Å². The van der Waals surface area contributed by atoms with Crippen molar-refractivity contribution >= 4 is 0 Å². The Morgan fingerprint density at radius 2 is 1.58 bits per heavy atom. The average Bonchev–Trinajstić information content (AvgIpc) is 2.55. The quantitative estimate of drug-likeness (QED) is 0.606. The third kappa shape index (κ3) is 6.57. The Morgan fingerprint density at radius 1 is 1.00 bits per heavy atom. The van der Waals surface area contributed by atoms with E-state index < -0.39 is 0 Å². The molecule has 1 aromatic rings. The molecule has 0 saturated heterocycles. The van der Waals surface area contributed by atoms with Crippen LogP contribution < -0.4 is 24.8 Å². The van der Waals surface area contributed by atoms with E-state index in [1.807, 2.05) is 12.1 Å². The fraction of sp³-hybridized carbons (Fsp3) is 0.684. The Morgan fingerprint density at radius 3 is 2.04 bits per heavy atom. The molecule has 5 nitrogen and oxygen atoms in total. The van der Waals surface area contributed by atoms with Gasteiger partial charge in [0.05, 0.1) is 26.9 Å². The van der Waals surface area contributed by atoms with Gasteiger partial charge in [0, 0.05) is 30.3 Å². The summed E-state index contributed by atoms with van der Waals surface area (Å²) in [5.74, 6) is 2.28. The Bertz CT molecular complexity index is 476. The van der Waals surface area contributed by atoms with E-state index in [1.54, 1.807) is 21.3 Å². The molecule has 0 amide bonds. The van der Waals surface area contributed by atoms with Crippen LogP contribution in [0.1, 0.15) is 46.1 Å². The zero-order valence-electron chi connectivity index (χ0n) is 16.3. The smallest absolute Gasteiger partial charge is 0.130 e. The molecule has 0 aliphatic heterocycles. The molecule has 0 spiro atoms. The van der Waals surface area contributed by atoms with E-state index in [-0.39, 0.29) is 5.54 Å². The molecule has 5 heteroatoms. The molecule has 0 aliphatic rings. The molecule has 2 N–H and O–H groups in total. The van der Waals surface area contributed by atoms with Crippen molar-refractivity contribution in [1.29, 1.82) is 0 Å². The van der Waals surface area contributed by atoms with Crippen LogP contribution in [0, 0.1) is 0 Å². The van der Waals surface area contributed by atoms with Crippen LogP contribution in [0.2, 0.25) is 0 Å². The topological polar surface area (TPSA) is 51.8 Å². The van der Waals surface area contributed by atoms with Gasteiger partial charge in [0.15, 0.2) is 0 Å². The van der Waals surface area contributed by atoms with Gasteiger partial charge in [0.25, 0.3) is 0 Å². The van der Waals surface area contributed by atoms with E-state index in [0.29, 0.717) is 12.6 Å². The first-order chi connectivity index (χ1) is 11.3. The van der Waals surface area contributed by atoms with Crippen molar-refractivity contribution < 1.29 is 14.2 Å². The minimum absolute atomic E-state index is 0.0363. The van der Waals surface area contributed by atoms with Crippen molar-refractivity contribution in [2.24, 2.45) is 0 Å². The first-order valence-corrected chi connectivity index (χ1v) is 8.60. The highest BCUT2D eigenvalue weighted by Gasteiger charge is 2.20. The molecule has 0 bridgehead atoms. The van der Waals surface area contributed by atoms with Gasteiger partial charge in [-0.1, -0.05) is 13.8 Å². The third-order valence-electron chi connectivity index (χ3n) is 4.09. The minimum Gasteiger partial charge on any atom is -0.496 e. The summed E-state index contributed by atoms with van der Waals surface area (Å²) in [4.78, 5) is 0. The van der Waals surface area contributed by atoms with Crippen LogP contribution in [0.3, 0.4) is 0 Å². The molecule has 0 unspecified atom stereocenters. The second-order valence-corrected chi connectivity index (χ2v) is 6.96. The number of methoxy groups -OCH3 is 3. The molecule has 0 aliphatic carbocycles. The van der Waals surface area contributed by atoms with E-state index in [9.17, 15) is 0 Å². The first kappa shape index (κ1) is 20.6. The number of hydrogen-bond donors (Lipinski definition) is 2. The maximum absolute atomic E-state index is 5.51. The molecule has 0 atom stereocenters. The van der Waals surface area contributed by atoms with Crippen molar-refractivity contribution in [3.05, 3.63) is 17.7 Å². The summed E-state index contributed by atoms with van der Waals surface area (Å²) in [7, 11) is 4.97. The highest BCUT2D eigenvalue weighted by atomic mass is 16.5. The van der Waals surface area contributed by atoms with Crippen LogP contribution in [0.4, 0.5) is 0 Å². The summed E-state index contributed by atoms with van der Waals surface area (Å²) >= 11 is 0. The van der Waals surface area contributed by atoms with Crippen LogP contribution in [-0.4, -0.2) is 39.5 Å². The molecule has 0 radical (unpaired) electrons. The van der Waals surface area contributed by atoms with E-state index >= 15 is 0 Å². The van der Waals surface area contributed by atoms with Gasteiger partial charge in [0.1, 0.15) is 17.2 Å². The maximum Gasteiger partial charge on any atom is 0.130 e. The number of rotatable bonds is 11. The fourth-order valence-electron chi connectivity index (χ4n) is 2.59. The molecular weight excluding hydrogens is 304 g/mol. The van der Waals surface area contributed by atoms with Gasteiger partial charge >= 0.3 is 0 Å². The molecule has 0 saturated carbocycles. The summed E-state index contributed by atoms with van der Waals surface area (Å²) in [6, 6.07) is 4.31. The van der Waals surface area contributed by atoms with Gasteiger partial charge in [-0.3, -0.25) is 0 Å². The Balaban J connectivity index is 2.71. The molecule has 1 aromatic carbocycles. The van der Waals surface area contributed by atoms with Crippen molar-refractivity contribution in [3.63, 3.8) is 0 Å². The predicted octanol–water partition coefficient (Wildman–Crippen LogP) is 3.36. The zero-order valence-corrected chi connectivity index (χ0v) is 16.3. The second kappa shape index (κ2) is 9.74. The maximum atomic E-state index is 5.51. The molecule has 1 rings (SSSR count). The molecule has 138 valence electrons. The van der Waals surface area contributed by atoms with Crippen LogP contribution >= 0.6 is 0 Å². The van der Waals surface area contributed by atoms with Crippen LogP contribution in [0.5, 0.6) is 17.2 Å². The molecule has 24 heavy (non-hydrogen) atoms. The lowest BCUT2D eigenvalue weighted by Crippen LogP contribution is -2.39. The summed E-state index contributed by atoms with van der Waals surface area (Å²) < 4.78 is 16.3. The van der Waals surface area contributed by atoms with Gasteiger partial charge in [0.2, 0.25) is 0 Å². The SMILES string of the molecule is COc1cc(OC)c(CNC(C)(C)CCCNC(C)C)c(OC)c1. The van der Waals surface area contributed by atoms with Gasteiger partial charge in [-0.25, -0.2) is 0 Å². The standard InChI is InChI=1S/C19H34N2O3/c1-14(2)20-10-8-9-19(3,4)21-13-16-17(23-6)11-15(22-5)12-18(16)24-7/h11-12,14,20-21H,8-10,13H2,1-7H3. The highest BCUT2D eigenvalue weighted by Crippen LogP contribution is 2.34. The van der Waals surface area contributed by atoms with Gasteiger partial charge in [-0.15, -0.1) is 0 Å². The minimum atomic E-state index is 0.0363. The van der Waals surface area contributed by atoms with E-state index in [4.69, 9.17) is 14.2 Å². The van der Waals surface area contributed by atoms with Crippen LogP contribution in [-0.2, 0) is 6.54 Å². The summed E-state index contributed by atoms with van der Waals surface area (Å²) in [5.41, 5.74) is 1.04. The summed E-state index contributed by atoms with van der Waals surface area (Å²) in [6.45, 7) is 10.5. The Labute approximate surface area is 147 Å². The molecule has 0 heterocycles. The molecule has 0 aromatic heterocycles. The van der Waals surface area contributed by atoms with Gasteiger partial charge in [-0.2, -0.15) is 0 Å². The largest absolute Gasteiger partial charge is 0.496 e. The van der Waals surface area contributed by atoms with E-state index in [2.05, 4.69) is 38.3 Å². The highest BCUT2D eigenvalue weighted by molar-refractivity contribution is 5.50. The van der Waals surface area contributed by atoms with Crippen molar-refractivity contribution in [2.45, 2.75) is 58.7 Å². The lowest BCUT2D eigenvalue weighted by Gasteiger charge is -2.28. The van der Waals surface area contributed by atoms with Gasteiger partial charge in [-0.05, 0) is 33.2 Å². The molecule has 0 fully saturated rings. The number of benzene rings is 1. The van der Waals surface area contributed by atoms with E-state index in [1.165, 1.54) is 0 Å².